The molecule has 2 heterocycles. The van der Waals surface area contributed by atoms with Crippen molar-refractivity contribution in [3.05, 3.63) is 59.7 Å². The minimum absolute atomic E-state index is 0.0293. The maximum atomic E-state index is 12.5. The Morgan fingerprint density at radius 3 is 2.48 bits per heavy atom. The maximum Gasteiger partial charge on any atom is 0.283 e. The highest BCUT2D eigenvalue weighted by molar-refractivity contribution is 8.26. The van der Waals surface area contributed by atoms with Crippen molar-refractivity contribution < 1.29 is 19.0 Å². The SMILES string of the molecule is CCCC1=NN2C(=N)/C(=C/c3cccc(OCCOc4cccc(OC)c4)c3)C(=O)N=C2S1. The fraction of sp³-hybridized carbons (Fsp3) is 0.250. The molecule has 2 aromatic rings. The lowest BCUT2D eigenvalue weighted by Gasteiger charge is -2.20. The van der Waals surface area contributed by atoms with Gasteiger partial charge < -0.3 is 14.2 Å². The third-order valence-electron chi connectivity index (χ3n) is 4.79. The number of aliphatic imine (C=N–C) groups is 1. The Morgan fingerprint density at radius 1 is 1.06 bits per heavy atom. The molecule has 2 aliphatic rings. The molecular weight excluding hydrogens is 440 g/mol. The Bertz CT molecular complexity index is 1160. The zero-order valence-corrected chi connectivity index (χ0v) is 19.2. The van der Waals surface area contributed by atoms with Gasteiger partial charge in [0.15, 0.2) is 5.84 Å². The van der Waals surface area contributed by atoms with Crippen LogP contribution in [0.2, 0.25) is 0 Å². The summed E-state index contributed by atoms with van der Waals surface area (Å²) < 4.78 is 16.7. The van der Waals surface area contributed by atoms with Crippen molar-refractivity contribution in [2.45, 2.75) is 19.8 Å². The first-order valence-electron chi connectivity index (χ1n) is 10.6. The van der Waals surface area contributed by atoms with Crippen molar-refractivity contribution in [3.8, 4) is 17.2 Å². The van der Waals surface area contributed by atoms with Gasteiger partial charge in [0.2, 0.25) is 5.17 Å². The molecule has 2 aliphatic heterocycles. The normalized spacial score (nSPS) is 16.4. The molecule has 0 atom stereocenters. The number of nitrogens with one attached hydrogen (secondary N) is 1. The average molecular weight is 465 g/mol. The van der Waals surface area contributed by atoms with E-state index in [0.717, 1.165) is 29.2 Å². The number of carbonyl (C=O) groups is 1. The Labute approximate surface area is 196 Å². The molecule has 0 radical (unpaired) electrons. The van der Waals surface area contributed by atoms with Crippen LogP contribution >= 0.6 is 11.8 Å². The highest BCUT2D eigenvalue weighted by Gasteiger charge is 2.35. The second kappa shape index (κ2) is 10.4. The van der Waals surface area contributed by atoms with Crippen molar-refractivity contribution >= 4 is 39.8 Å². The van der Waals surface area contributed by atoms with E-state index in [-0.39, 0.29) is 11.4 Å². The lowest BCUT2D eigenvalue weighted by Crippen LogP contribution is -2.35. The van der Waals surface area contributed by atoms with E-state index in [0.29, 0.717) is 29.9 Å². The molecule has 0 fully saturated rings. The number of amides is 1. The summed E-state index contributed by atoms with van der Waals surface area (Å²) in [6, 6.07) is 14.7. The van der Waals surface area contributed by atoms with Gasteiger partial charge >= 0.3 is 0 Å². The number of fused-ring (bicyclic) bond motifs is 1. The maximum absolute atomic E-state index is 12.5. The summed E-state index contributed by atoms with van der Waals surface area (Å²) in [6.45, 7) is 2.77. The molecule has 1 amide bonds. The summed E-state index contributed by atoms with van der Waals surface area (Å²) in [5.74, 6) is 1.66. The second-order valence-electron chi connectivity index (χ2n) is 7.21. The fourth-order valence-electron chi connectivity index (χ4n) is 3.22. The molecule has 8 nitrogen and oxygen atoms in total. The van der Waals surface area contributed by atoms with E-state index in [4.69, 9.17) is 19.6 Å². The van der Waals surface area contributed by atoms with Gasteiger partial charge in [0.05, 0.1) is 12.7 Å². The van der Waals surface area contributed by atoms with Crippen LogP contribution in [0.25, 0.3) is 6.08 Å². The largest absolute Gasteiger partial charge is 0.497 e. The lowest BCUT2D eigenvalue weighted by molar-refractivity contribution is -0.114. The molecule has 9 heteroatoms. The fourth-order valence-corrected chi connectivity index (χ4v) is 4.20. The van der Waals surface area contributed by atoms with E-state index in [1.807, 2.05) is 48.5 Å². The summed E-state index contributed by atoms with van der Waals surface area (Å²) in [7, 11) is 1.61. The summed E-state index contributed by atoms with van der Waals surface area (Å²) in [5.41, 5.74) is 0.928. The topological polar surface area (TPSA) is 96.6 Å². The number of hydrogen-bond donors (Lipinski definition) is 1. The predicted molar refractivity (Wildman–Crippen MR) is 130 cm³/mol. The summed E-state index contributed by atoms with van der Waals surface area (Å²) in [4.78, 5) is 16.7. The molecule has 33 heavy (non-hydrogen) atoms. The van der Waals surface area contributed by atoms with Crippen LogP contribution in [-0.4, -0.2) is 47.3 Å². The van der Waals surface area contributed by atoms with Gasteiger partial charge in [-0.15, -0.1) is 0 Å². The van der Waals surface area contributed by atoms with Gasteiger partial charge in [-0.3, -0.25) is 10.2 Å². The van der Waals surface area contributed by atoms with E-state index in [1.54, 1.807) is 13.2 Å². The third-order valence-corrected chi connectivity index (χ3v) is 5.76. The van der Waals surface area contributed by atoms with Gasteiger partial charge in [-0.05, 0) is 60.5 Å². The number of carbonyl (C=O) groups excluding carboxylic acids is 1. The summed E-state index contributed by atoms with van der Waals surface area (Å²) in [5, 5.41) is 15.6. The molecule has 0 aromatic heterocycles. The van der Waals surface area contributed by atoms with E-state index < -0.39 is 5.91 Å². The first kappa shape index (κ1) is 22.6. The molecule has 4 rings (SSSR count). The van der Waals surface area contributed by atoms with Crippen LogP contribution in [0.4, 0.5) is 0 Å². The Kier molecular flexibility index (Phi) is 7.09. The summed E-state index contributed by atoms with van der Waals surface area (Å²) in [6.07, 6.45) is 3.37. The first-order chi connectivity index (χ1) is 16.1. The average Bonchev–Trinajstić information content (AvgIpc) is 3.23. The molecule has 0 spiro atoms. The molecule has 170 valence electrons. The number of nitrogens with zero attached hydrogens (tertiary/aromatic N) is 3. The van der Waals surface area contributed by atoms with E-state index in [2.05, 4.69) is 17.0 Å². The van der Waals surface area contributed by atoms with Gasteiger partial charge in [0.25, 0.3) is 5.91 Å². The van der Waals surface area contributed by atoms with Crippen LogP contribution in [0.5, 0.6) is 17.2 Å². The minimum Gasteiger partial charge on any atom is -0.497 e. The zero-order valence-electron chi connectivity index (χ0n) is 18.4. The summed E-state index contributed by atoms with van der Waals surface area (Å²) >= 11 is 1.35. The molecule has 0 saturated heterocycles. The van der Waals surface area contributed by atoms with Crippen LogP contribution in [-0.2, 0) is 4.79 Å². The van der Waals surface area contributed by atoms with Crippen LogP contribution in [0, 0.1) is 5.41 Å². The van der Waals surface area contributed by atoms with Crippen molar-refractivity contribution in [2.24, 2.45) is 10.1 Å². The number of amidine groups is 2. The van der Waals surface area contributed by atoms with Gasteiger partial charge in [0, 0.05) is 6.07 Å². The van der Waals surface area contributed by atoms with Crippen molar-refractivity contribution in [3.63, 3.8) is 0 Å². The Morgan fingerprint density at radius 2 is 1.76 bits per heavy atom. The van der Waals surface area contributed by atoms with Gasteiger partial charge in [-0.1, -0.05) is 25.1 Å². The quantitative estimate of drug-likeness (QED) is 0.431. The molecule has 2 aromatic carbocycles. The minimum atomic E-state index is -0.440. The number of methoxy groups -OCH3 is 1. The highest BCUT2D eigenvalue weighted by Crippen LogP contribution is 2.30. The van der Waals surface area contributed by atoms with Crippen molar-refractivity contribution in [1.82, 2.24) is 5.01 Å². The Balaban J connectivity index is 1.39. The predicted octanol–water partition coefficient (Wildman–Crippen LogP) is 4.57. The smallest absolute Gasteiger partial charge is 0.283 e. The Hall–Kier alpha value is -3.59. The van der Waals surface area contributed by atoms with Crippen LogP contribution in [0.3, 0.4) is 0 Å². The van der Waals surface area contributed by atoms with E-state index in [1.165, 1.54) is 16.8 Å². The van der Waals surface area contributed by atoms with Gasteiger partial charge in [0.1, 0.15) is 35.5 Å². The standard InChI is InChI=1S/C24H24N4O4S/c1-3-6-21-27-28-22(25)20(23(29)26-24(28)33-21)14-16-7-4-9-18(13-16)31-11-12-32-19-10-5-8-17(15-19)30-2/h4-5,7-10,13-15,25H,3,6,11-12H2,1-2H3/b20-14-,25-22?. The molecule has 0 saturated carbocycles. The number of ether oxygens (including phenoxy) is 3. The van der Waals surface area contributed by atoms with Gasteiger partial charge in [-0.25, -0.2) is 0 Å². The molecule has 1 N–H and O–H groups in total. The van der Waals surface area contributed by atoms with Crippen LogP contribution in [0.1, 0.15) is 25.3 Å². The monoisotopic (exact) mass is 464 g/mol. The van der Waals surface area contributed by atoms with Crippen LogP contribution < -0.4 is 14.2 Å². The molecule has 0 unspecified atom stereocenters. The highest BCUT2D eigenvalue weighted by atomic mass is 32.2. The van der Waals surface area contributed by atoms with Crippen molar-refractivity contribution in [1.29, 1.82) is 5.41 Å². The number of hydrazone groups is 1. The van der Waals surface area contributed by atoms with E-state index in [9.17, 15) is 4.79 Å². The second-order valence-corrected chi connectivity index (χ2v) is 8.25. The zero-order chi connectivity index (χ0) is 23.2. The van der Waals surface area contributed by atoms with Crippen molar-refractivity contribution in [2.75, 3.05) is 20.3 Å². The first-order valence-corrected chi connectivity index (χ1v) is 11.4. The number of thioether (sulfide) groups is 1. The lowest BCUT2D eigenvalue weighted by atomic mass is 10.1. The molecule has 0 bridgehead atoms. The van der Waals surface area contributed by atoms with Crippen LogP contribution in [0.15, 0.2) is 64.2 Å². The number of hydrogen-bond acceptors (Lipinski definition) is 7. The number of benzene rings is 2. The molecular formula is C24H24N4O4S. The third kappa shape index (κ3) is 5.43. The number of rotatable bonds is 9. The van der Waals surface area contributed by atoms with Gasteiger partial charge in [-0.2, -0.15) is 15.1 Å². The van der Waals surface area contributed by atoms with E-state index >= 15 is 0 Å². The molecule has 0 aliphatic carbocycles.